The fraction of sp³-hybridized carbons (Fsp3) is 0.500. The van der Waals surface area contributed by atoms with Crippen LogP contribution < -0.4 is 4.90 Å². The van der Waals surface area contributed by atoms with Crippen molar-refractivity contribution >= 4 is 46.8 Å². The minimum atomic E-state index is -0.750. The molecule has 1 spiro atoms. The molecule has 35 heavy (non-hydrogen) atoms. The highest BCUT2D eigenvalue weighted by molar-refractivity contribution is 8.02. The van der Waals surface area contributed by atoms with Crippen LogP contribution in [-0.2, 0) is 14.4 Å². The zero-order valence-corrected chi connectivity index (χ0v) is 21.5. The van der Waals surface area contributed by atoms with Crippen molar-refractivity contribution < 1.29 is 19.5 Å². The molecule has 3 amide bonds. The van der Waals surface area contributed by atoms with Crippen LogP contribution in [0.15, 0.2) is 49.6 Å². The average molecular weight is 518 g/mol. The number of hydrogen-bond acceptors (Lipinski definition) is 5. The SMILES string of the molecule is C=CCN(C)C(=O)[C@@H]1[C@@H]2CCC3(S2)C(C(=O)N(CC=C)c2ccccc2Cl)N(CCCO)C(=O)[C@H]13. The number of carbonyl (C=O) groups excluding carboxylic acids is 3. The summed E-state index contributed by atoms with van der Waals surface area (Å²) in [4.78, 5) is 46.4. The maximum absolute atomic E-state index is 14.3. The van der Waals surface area contributed by atoms with Crippen LogP contribution in [0.2, 0.25) is 5.02 Å². The normalized spacial score (nSPS) is 28.7. The van der Waals surface area contributed by atoms with Crippen molar-refractivity contribution in [2.24, 2.45) is 11.8 Å². The summed E-state index contributed by atoms with van der Waals surface area (Å²) in [5.74, 6) is -1.53. The van der Waals surface area contributed by atoms with E-state index in [4.69, 9.17) is 11.6 Å². The van der Waals surface area contributed by atoms with E-state index in [1.54, 1.807) is 63.9 Å². The van der Waals surface area contributed by atoms with Crippen molar-refractivity contribution in [2.45, 2.75) is 35.3 Å². The smallest absolute Gasteiger partial charge is 0.251 e. The number of aliphatic hydroxyl groups excluding tert-OH is 1. The highest BCUT2D eigenvalue weighted by atomic mass is 35.5. The Morgan fingerprint density at radius 2 is 1.97 bits per heavy atom. The lowest BCUT2D eigenvalue weighted by atomic mass is 9.70. The number of likely N-dealkylation sites (N-methyl/N-ethyl adjacent to an activating group) is 1. The van der Waals surface area contributed by atoms with Crippen molar-refractivity contribution in [1.82, 2.24) is 9.80 Å². The highest BCUT2D eigenvalue weighted by Crippen LogP contribution is 2.66. The van der Waals surface area contributed by atoms with Gasteiger partial charge in [-0.25, -0.2) is 0 Å². The highest BCUT2D eigenvalue weighted by Gasteiger charge is 2.73. The second-order valence-electron chi connectivity index (χ2n) is 9.36. The van der Waals surface area contributed by atoms with Crippen LogP contribution in [0.4, 0.5) is 5.69 Å². The van der Waals surface area contributed by atoms with E-state index in [0.29, 0.717) is 30.1 Å². The van der Waals surface area contributed by atoms with Gasteiger partial charge < -0.3 is 19.8 Å². The largest absolute Gasteiger partial charge is 0.396 e. The lowest BCUT2D eigenvalue weighted by Gasteiger charge is -2.37. The predicted molar refractivity (Wildman–Crippen MR) is 139 cm³/mol. The molecule has 0 saturated carbocycles. The zero-order chi connectivity index (χ0) is 25.3. The number of para-hydroxylation sites is 1. The maximum atomic E-state index is 14.3. The van der Waals surface area contributed by atoms with Gasteiger partial charge in [-0.05, 0) is 31.4 Å². The van der Waals surface area contributed by atoms with Crippen LogP contribution in [-0.4, -0.2) is 82.0 Å². The average Bonchev–Trinajstić information content (AvgIpc) is 3.48. The Morgan fingerprint density at radius 3 is 2.63 bits per heavy atom. The van der Waals surface area contributed by atoms with Gasteiger partial charge >= 0.3 is 0 Å². The van der Waals surface area contributed by atoms with E-state index >= 15 is 0 Å². The third-order valence-corrected chi connectivity index (χ3v) is 9.65. The number of halogens is 1. The molecule has 3 aliphatic rings. The Morgan fingerprint density at radius 1 is 1.26 bits per heavy atom. The van der Waals surface area contributed by atoms with E-state index in [1.807, 2.05) is 6.07 Å². The van der Waals surface area contributed by atoms with E-state index in [0.717, 1.165) is 6.42 Å². The summed E-state index contributed by atoms with van der Waals surface area (Å²) >= 11 is 8.10. The lowest BCUT2D eigenvalue weighted by Crippen LogP contribution is -2.55. The molecule has 2 bridgehead atoms. The molecule has 2 unspecified atom stereocenters. The third-order valence-electron chi connectivity index (χ3n) is 7.38. The maximum Gasteiger partial charge on any atom is 0.251 e. The van der Waals surface area contributed by atoms with E-state index in [9.17, 15) is 19.5 Å². The van der Waals surface area contributed by atoms with Gasteiger partial charge in [0.15, 0.2) is 0 Å². The third kappa shape index (κ3) is 4.19. The van der Waals surface area contributed by atoms with Gasteiger partial charge in [-0.2, -0.15) is 0 Å². The molecular weight excluding hydrogens is 486 g/mol. The van der Waals surface area contributed by atoms with Crippen molar-refractivity contribution in [3.05, 3.63) is 54.6 Å². The molecule has 4 rings (SSSR count). The van der Waals surface area contributed by atoms with Gasteiger partial charge in [0.1, 0.15) is 6.04 Å². The first-order chi connectivity index (χ1) is 16.8. The zero-order valence-electron chi connectivity index (χ0n) is 19.9. The molecule has 9 heteroatoms. The fourth-order valence-electron chi connectivity index (χ4n) is 5.99. The number of carbonyl (C=O) groups is 3. The Kier molecular flexibility index (Phi) is 7.64. The van der Waals surface area contributed by atoms with Crippen LogP contribution in [0.1, 0.15) is 19.3 Å². The number of rotatable bonds is 10. The lowest BCUT2D eigenvalue weighted by molar-refractivity contribution is -0.143. The summed E-state index contributed by atoms with van der Waals surface area (Å²) in [5.41, 5.74) is 0.560. The molecule has 0 aromatic heterocycles. The Labute approximate surface area is 215 Å². The summed E-state index contributed by atoms with van der Waals surface area (Å²) in [6.07, 6.45) is 5.12. The molecule has 3 saturated heterocycles. The predicted octanol–water partition coefficient (Wildman–Crippen LogP) is 2.98. The molecule has 7 nitrogen and oxygen atoms in total. The number of anilines is 1. The number of nitrogens with zero attached hydrogens (tertiary/aromatic N) is 3. The van der Waals surface area contributed by atoms with Crippen LogP contribution >= 0.6 is 23.4 Å². The number of benzene rings is 1. The standard InChI is InChI=1S/C26H32ClN3O4S/c1-4-13-28(3)23(32)20-19-11-12-26(35-19)21(20)24(33)30(15-8-16-31)22(26)25(34)29(14-5-2)18-10-7-6-9-17(18)27/h4-7,9-10,19-22,31H,1-2,8,11-16H2,3H3/t19-,20+,21-,22?,26?/m0/s1. The summed E-state index contributed by atoms with van der Waals surface area (Å²) in [6, 6.07) is 6.37. The molecular formula is C26H32ClN3O4S. The number of likely N-dealkylation sites (tertiary alicyclic amines) is 1. The van der Waals surface area contributed by atoms with Gasteiger partial charge in [0, 0.05) is 38.5 Å². The summed E-state index contributed by atoms with van der Waals surface area (Å²) in [5, 5.41) is 9.94. The van der Waals surface area contributed by atoms with Gasteiger partial charge in [0.25, 0.3) is 5.91 Å². The Hall–Kier alpha value is -2.29. The van der Waals surface area contributed by atoms with Crippen LogP contribution in [0.3, 0.4) is 0 Å². The molecule has 0 aliphatic carbocycles. The number of fused-ring (bicyclic) bond motifs is 1. The first-order valence-corrected chi connectivity index (χ1v) is 13.2. The molecule has 3 aliphatic heterocycles. The van der Waals surface area contributed by atoms with E-state index in [-0.39, 0.29) is 42.7 Å². The number of amides is 3. The monoisotopic (exact) mass is 517 g/mol. The van der Waals surface area contributed by atoms with Crippen molar-refractivity contribution in [2.75, 3.05) is 38.2 Å². The van der Waals surface area contributed by atoms with E-state index in [2.05, 4.69) is 13.2 Å². The van der Waals surface area contributed by atoms with Crippen LogP contribution in [0.5, 0.6) is 0 Å². The minimum Gasteiger partial charge on any atom is -0.396 e. The summed E-state index contributed by atoms with van der Waals surface area (Å²) < 4.78 is -0.690. The molecule has 188 valence electrons. The van der Waals surface area contributed by atoms with Crippen molar-refractivity contribution in [3.8, 4) is 0 Å². The van der Waals surface area contributed by atoms with Crippen molar-refractivity contribution in [1.29, 1.82) is 0 Å². The van der Waals surface area contributed by atoms with E-state index < -0.39 is 22.6 Å². The molecule has 3 heterocycles. The summed E-state index contributed by atoms with van der Waals surface area (Å²) in [7, 11) is 1.72. The fourth-order valence-corrected chi connectivity index (χ4v) is 8.43. The van der Waals surface area contributed by atoms with Gasteiger partial charge in [0.05, 0.1) is 27.3 Å². The first kappa shape index (κ1) is 25.8. The van der Waals surface area contributed by atoms with Gasteiger partial charge in [-0.3, -0.25) is 14.4 Å². The Balaban J connectivity index is 1.77. The second kappa shape index (κ2) is 10.4. The minimum absolute atomic E-state index is 0.00725. The topological polar surface area (TPSA) is 81.2 Å². The van der Waals surface area contributed by atoms with Gasteiger partial charge in [-0.15, -0.1) is 24.9 Å². The van der Waals surface area contributed by atoms with Crippen LogP contribution in [0, 0.1) is 11.8 Å². The molecule has 3 fully saturated rings. The molecule has 1 aromatic rings. The van der Waals surface area contributed by atoms with Crippen LogP contribution in [0.25, 0.3) is 0 Å². The molecule has 1 aromatic carbocycles. The molecule has 5 atom stereocenters. The van der Waals surface area contributed by atoms with Gasteiger partial charge in [0.2, 0.25) is 11.8 Å². The number of hydrogen-bond donors (Lipinski definition) is 1. The number of thioether (sulfide) groups is 1. The summed E-state index contributed by atoms with van der Waals surface area (Å²) in [6.45, 7) is 8.34. The molecule has 1 N–H and O–H groups in total. The second-order valence-corrected chi connectivity index (χ2v) is 11.4. The van der Waals surface area contributed by atoms with E-state index in [1.165, 1.54) is 0 Å². The quantitative estimate of drug-likeness (QED) is 0.483. The Bertz CT molecular complexity index is 1040. The van der Waals surface area contributed by atoms with Gasteiger partial charge in [-0.1, -0.05) is 35.9 Å². The molecule has 0 radical (unpaired) electrons. The van der Waals surface area contributed by atoms with Crippen molar-refractivity contribution in [3.63, 3.8) is 0 Å². The number of aliphatic hydroxyl groups is 1. The first-order valence-electron chi connectivity index (χ1n) is 11.9.